The van der Waals surface area contributed by atoms with Crippen LogP contribution in [0.5, 0.6) is 5.75 Å². The van der Waals surface area contributed by atoms with E-state index in [1.807, 2.05) is 32.9 Å². The van der Waals surface area contributed by atoms with Crippen LogP contribution in [0.3, 0.4) is 0 Å². The number of rotatable bonds is 2. The van der Waals surface area contributed by atoms with E-state index in [0.717, 1.165) is 22.4 Å². The predicted octanol–water partition coefficient (Wildman–Crippen LogP) is 3.59. The van der Waals surface area contributed by atoms with E-state index in [1.54, 1.807) is 24.1 Å². The van der Waals surface area contributed by atoms with Crippen LogP contribution >= 0.6 is 0 Å². The summed E-state index contributed by atoms with van der Waals surface area (Å²) in [6.45, 7) is 5.85. The summed E-state index contributed by atoms with van der Waals surface area (Å²) in [6, 6.07) is 10.8. The fourth-order valence-corrected chi connectivity index (χ4v) is 2.33. The van der Waals surface area contributed by atoms with Crippen LogP contribution in [0.25, 0.3) is 0 Å². The molecule has 0 aliphatic carbocycles. The van der Waals surface area contributed by atoms with Gasteiger partial charge < -0.3 is 10.0 Å². The molecular formula is C17H19NO2. The number of aryl methyl sites for hydroxylation is 3. The largest absolute Gasteiger partial charge is 0.508 e. The number of carbonyl (C=O) groups is 1. The van der Waals surface area contributed by atoms with Crippen LogP contribution in [0.4, 0.5) is 5.69 Å². The van der Waals surface area contributed by atoms with E-state index in [2.05, 4.69) is 6.07 Å². The van der Waals surface area contributed by atoms with Crippen LogP contribution in [0.15, 0.2) is 36.4 Å². The van der Waals surface area contributed by atoms with Gasteiger partial charge >= 0.3 is 0 Å². The molecule has 0 aromatic heterocycles. The first-order valence-corrected chi connectivity index (χ1v) is 6.54. The van der Waals surface area contributed by atoms with Gasteiger partial charge in [0.1, 0.15) is 5.75 Å². The molecule has 0 spiro atoms. The Labute approximate surface area is 119 Å². The molecule has 0 radical (unpaired) electrons. The van der Waals surface area contributed by atoms with E-state index >= 15 is 0 Å². The van der Waals surface area contributed by atoms with Crippen molar-refractivity contribution in [3.05, 3.63) is 58.7 Å². The predicted molar refractivity (Wildman–Crippen MR) is 81.5 cm³/mol. The molecule has 2 aromatic carbocycles. The Hall–Kier alpha value is -2.29. The Kier molecular flexibility index (Phi) is 3.79. The van der Waals surface area contributed by atoms with Gasteiger partial charge in [-0.05, 0) is 67.8 Å². The molecule has 3 heteroatoms. The lowest BCUT2D eigenvalue weighted by Gasteiger charge is -2.19. The van der Waals surface area contributed by atoms with Crippen molar-refractivity contribution in [2.45, 2.75) is 20.8 Å². The van der Waals surface area contributed by atoms with Crippen LogP contribution in [0, 0.1) is 20.8 Å². The van der Waals surface area contributed by atoms with Crippen LogP contribution in [-0.2, 0) is 0 Å². The Balaban J connectivity index is 2.37. The van der Waals surface area contributed by atoms with E-state index in [4.69, 9.17) is 0 Å². The number of aromatic hydroxyl groups is 1. The second kappa shape index (κ2) is 5.37. The molecule has 0 heterocycles. The number of carbonyl (C=O) groups excluding carboxylic acids is 1. The molecular weight excluding hydrogens is 250 g/mol. The van der Waals surface area contributed by atoms with Crippen molar-refractivity contribution in [3.63, 3.8) is 0 Å². The number of phenols is 1. The molecule has 20 heavy (non-hydrogen) atoms. The second-order valence-corrected chi connectivity index (χ2v) is 5.21. The molecule has 0 saturated heterocycles. The summed E-state index contributed by atoms with van der Waals surface area (Å²) in [5.41, 5.74) is 4.50. The van der Waals surface area contributed by atoms with Crippen molar-refractivity contribution < 1.29 is 9.90 Å². The van der Waals surface area contributed by atoms with Gasteiger partial charge in [0.05, 0.1) is 0 Å². The van der Waals surface area contributed by atoms with Gasteiger partial charge in [-0.15, -0.1) is 0 Å². The zero-order valence-electron chi connectivity index (χ0n) is 12.3. The van der Waals surface area contributed by atoms with E-state index in [-0.39, 0.29) is 11.7 Å². The highest BCUT2D eigenvalue weighted by atomic mass is 16.3. The minimum absolute atomic E-state index is 0.0764. The Bertz CT molecular complexity index is 642. The third-order valence-corrected chi connectivity index (χ3v) is 3.34. The van der Waals surface area contributed by atoms with Crippen molar-refractivity contribution in [2.24, 2.45) is 0 Å². The lowest BCUT2D eigenvalue weighted by molar-refractivity contribution is 0.0992. The fourth-order valence-electron chi connectivity index (χ4n) is 2.33. The van der Waals surface area contributed by atoms with Crippen molar-refractivity contribution in [1.82, 2.24) is 0 Å². The third kappa shape index (κ3) is 2.82. The van der Waals surface area contributed by atoms with E-state index < -0.39 is 0 Å². The molecule has 0 unspecified atom stereocenters. The molecule has 1 amide bonds. The highest BCUT2D eigenvalue weighted by Gasteiger charge is 2.16. The quantitative estimate of drug-likeness (QED) is 0.905. The number of phenolic OH excluding ortho intramolecular Hbond substituents is 1. The Morgan fingerprint density at radius 1 is 1.00 bits per heavy atom. The average Bonchev–Trinajstić information content (AvgIpc) is 2.36. The number of benzene rings is 2. The maximum absolute atomic E-state index is 12.5. The van der Waals surface area contributed by atoms with Gasteiger partial charge in [-0.25, -0.2) is 0 Å². The summed E-state index contributed by atoms with van der Waals surface area (Å²) >= 11 is 0. The SMILES string of the molecule is Cc1cc(C)cc(N(C)C(=O)c2ccc(O)cc2C)c1. The molecule has 2 aromatic rings. The van der Waals surface area contributed by atoms with Crippen molar-refractivity contribution in [2.75, 3.05) is 11.9 Å². The topological polar surface area (TPSA) is 40.5 Å². The van der Waals surface area contributed by atoms with Gasteiger partial charge in [0.25, 0.3) is 5.91 Å². The van der Waals surface area contributed by atoms with Gasteiger partial charge in [-0.3, -0.25) is 4.79 Å². The Morgan fingerprint density at radius 3 is 2.15 bits per heavy atom. The molecule has 2 rings (SSSR count). The minimum Gasteiger partial charge on any atom is -0.508 e. The molecule has 0 aliphatic rings. The van der Waals surface area contributed by atoms with Gasteiger partial charge in [0.15, 0.2) is 0 Å². The number of hydrogen-bond donors (Lipinski definition) is 1. The summed E-state index contributed by atoms with van der Waals surface area (Å²) in [6.07, 6.45) is 0. The first-order chi connectivity index (χ1) is 9.38. The average molecular weight is 269 g/mol. The maximum atomic E-state index is 12.5. The second-order valence-electron chi connectivity index (χ2n) is 5.21. The monoisotopic (exact) mass is 269 g/mol. The zero-order valence-corrected chi connectivity index (χ0v) is 12.3. The first kappa shape index (κ1) is 14.1. The summed E-state index contributed by atoms with van der Waals surface area (Å²) in [5.74, 6) is 0.0978. The summed E-state index contributed by atoms with van der Waals surface area (Å²) < 4.78 is 0. The zero-order chi connectivity index (χ0) is 14.9. The van der Waals surface area contributed by atoms with Gasteiger partial charge in [0.2, 0.25) is 0 Å². The molecule has 0 saturated carbocycles. The van der Waals surface area contributed by atoms with Gasteiger partial charge in [-0.1, -0.05) is 6.07 Å². The van der Waals surface area contributed by atoms with Crippen molar-refractivity contribution in [3.8, 4) is 5.75 Å². The number of amides is 1. The number of hydrogen-bond acceptors (Lipinski definition) is 2. The molecule has 104 valence electrons. The number of anilines is 1. The number of nitrogens with zero attached hydrogens (tertiary/aromatic N) is 1. The standard InChI is InChI=1S/C17H19NO2/c1-11-7-12(2)9-14(8-11)18(4)17(20)16-6-5-15(19)10-13(16)3/h5-10,19H,1-4H3. The van der Waals surface area contributed by atoms with E-state index in [1.165, 1.54) is 6.07 Å². The molecule has 0 atom stereocenters. The lowest BCUT2D eigenvalue weighted by atomic mass is 10.1. The molecule has 0 bridgehead atoms. The minimum atomic E-state index is -0.0764. The van der Waals surface area contributed by atoms with E-state index in [9.17, 15) is 9.90 Å². The highest BCUT2D eigenvalue weighted by Crippen LogP contribution is 2.22. The van der Waals surface area contributed by atoms with Gasteiger partial charge in [-0.2, -0.15) is 0 Å². The van der Waals surface area contributed by atoms with Crippen molar-refractivity contribution in [1.29, 1.82) is 0 Å². The van der Waals surface area contributed by atoms with Crippen LogP contribution in [-0.4, -0.2) is 18.1 Å². The third-order valence-electron chi connectivity index (χ3n) is 3.34. The van der Waals surface area contributed by atoms with Gasteiger partial charge in [0, 0.05) is 18.3 Å². The maximum Gasteiger partial charge on any atom is 0.258 e. The van der Waals surface area contributed by atoms with Crippen LogP contribution in [0.2, 0.25) is 0 Å². The van der Waals surface area contributed by atoms with Crippen molar-refractivity contribution >= 4 is 11.6 Å². The first-order valence-electron chi connectivity index (χ1n) is 6.54. The fraction of sp³-hybridized carbons (Fsp3) is 0.235. The molecule has 0 fully saturated rings. The molecule has 0 aliphatic heterocycles. The molecule has 1 N–H and O–H groups in total. The Morgan fingerprint density at radius 2 is 1.60 bits per heavy atom. The van der Waals surface area contributed by atoms with E-state index in [0.29, 0.717) is 5.56 Å². The van der Waals surface area contributed by atoms with Crippen LogP contribution in [0.1, 0.15) is 27.0 Å². The van der Waals surface area contributed by atoms with Crippen LogP contribution < -0.4 is 4.90 Å². The lowest BCUT2D eigenvalue weighted by Crippen LogP contribution is -2.27. The summed E-state index contributed by atoms with van der Waals surface area (Å²) in [4.78, 5) is 14.2. The summed E-state index contributed by atoms with van der Waals surface area (Å²) in [5, 5.41) is 9.42. The smallest absolute Gasteiger partial charge is 0.258 e. The molecule has 3 nitrogen and oxygen atoms in total. The summed E-state index contributed by atoms with van der Waals surface area (Å²) in [7, 11) is 1.77. The normalized spacial score (nSPS) is 10.4. The highest BCUT2D eigenvalue weighted by molar-refractivity contribution is 6.06.